The number of β-amino-alcohol motifs (C(OH)–C–C–N with tert-alkyl or cyclic N) is 2. The number of aliphatic hydroxyl groups excluding tert-OH is 2. The first kappa shape index (κ1) is 14.3. The Morgan fingerprint density at radius 3 is 2.28 bits per heavy atom. The monoisotopic (exact) mass is 256 g/mol. The Balaban J connectivity index is 1.92. The largest absolute Gasteiger partial charge is 0.389 e. The molecule has 2 fully saturated rings. The van der Waals surface area contributed by atoms with E-state index in [1.54, 1.807) is 0 Å². The summed E-state index contributed by atoms with van der Waals surface area (Å²) >= 11 is 0. The maximum Gasteiger partial charge on any atom is 0.0938 e. The summed E-state index contributed by atoms with van der Waals surface area (Å²) in [6.07, 6.45) is 5.47. The van der Waals surface area contributed by atoms with Crippen LogP contribution in [0.15, 0.2) is 0 Å². The highest BCUT2D eigenvalue weighted by atomic mass is 16.3. The maximum absolute atomic E-state index is 9.65. The smallest absolute Gasteiger partial charge is 0.0938 e. The Kier molecular flexibility index (Phi) is 5.01. The summed E-state index contributed by atoms with van der Waals surface area (Å²) < 4.78 is 0. The van der Waals surface area contributed by atoms with Gasteiger partial charge in [-0.1, -0.05) is 26.2 Å². The van der Waals surface area contributed by atoms with Crippen molar-refractivity contribution >= 4 is 0 Å². The first-order chi connectivity index (χ1) is 8.65. The van der Waals surface area contributed by atoms with Crippen LogP contribution in [0.4, 0.5) is 0 Å². The van der Waals surface area contributed by atoms with E-state index < -0.39 is 12.2 Å². The Hall–Kier alpha value is -0.160. The fourth-order valence-electron chi connectivity index (χ4n) is 3.53. The van der Waals surface area contributed by atoms with Crippen LogP contribution < -0.4 is 5.32 Å². The summed E-state index contributed by atoms with van der Waals surface area (Å²) in [5, 5.41) is 22.8. The van der Waals surface area contributed by atoms with E-state index in [4.69, 9.17) is 0 Å². The predicted octanol–water partition coefficient (Wildman–Crippen LogP) is 0.584. The molecule has 0 bridgehead atoms. The molecule has 0 radical (unpaired) electrons. The van der Waals surface area contributed by atoms with Crippen molar-refractivity contribution in [1.82, 2.24) is 10.2 Å². The molecule has 1 aliphatic carbocycles. The predicted molar refractivity (Wildman–Crippen MR) is 72.5 cm³/mol. The van der Waals surface area contributed by atoms with Crippen molar-refractivity contribution in [3.63, 3.8) is 0 Å². The minimum absolute atomic E-state index is 0.359. The molecule has 0 aromatic heterocycles. The summed E-state index contributed by atoms with van der Waals surface area (Å²) in [6.45, 7) is 6.54. The van der Waals surface area contributed by atoms with Crippen molar-refractivity contribution in [1.29, 1.82) is 0 Å². The first-order valence-corrected chi connectivity index (χ1v) is 7.44. The van der Waals surface area contributed by atoms with Gasteiger partial charge >= 0.3 is 0 Å². The van der Waals surface area contributed by atoms with E-state index in [0.29, 0.717) is 18.5 Å². The SMILES string of the molecule is CCNCC1(CN2CC(O)C(O)C2)CCCCC1. The zero-order valence-electron chi connectivity index (χ0n) is 11.6. The molecule has 3 N–H and O–H groups in total. The zero-order chi connectivity index (χ0) is 13.0. The number of likely N-dealkylation sites (tertiary alicyclic amines) is 1. The second-order valence-corrected chi connectivity index (χ2v) is 6.17. The summed E-state index contributed by atoms with van der Waals surface area (Å²) in [5.41, 5.74) is 0.359. The van der Waals surface area contributed by atoms with Gasteiger partial charge in [-0.3, -0.25) is 4.90 Å². The summed E-state index contributed by atoms with van der Waals surface area (Å²) in [5.74, 6) is 0. The molecule has 0 aromatic rings. The van der Waals surface area contributed by atoms with Crippen molar-refractivity contribution in [3.8, 4) is 0 Å². The molecule has 0 amide bonds. The van der Waals surface area contributed by atoms with Crippen LogP contribution in [0.2, 0.25) is 0 Å². The van der Waals surface area contributed by atoms with Crippen molar-refractivity contribution < 1.29 is 10.2 Å². The van der Waals surface area contributed by atoms with Crippen LogP contribution in [0, 0.1) is 5.41 Å². The van der Waals surface area contributed by atoms with Crippen LogP contribution in [-0.2, 0) is 0 Å². The molecule has 2 rings (SSSR count). The van der Waals surface area contributed by atoms with E-state index in [0.717, 1.165) is 19.6 Å². The highest BCUT2D eigenvalue weighted by molar-refractivity contribution is 4.92. The van der Waals surface area contributed by atoms with Gasteiger partial charge in [-0.15, -0.1) is 0 Å². The molecule has 1 aliphatic heterocycles. The Bertz CT molecular complexity index is 244. The lowest BCUT2D eigenvalue weighted by Gasteiger charge is -2.40. The van der Waals surface area contributed by atoms with Gasteiger partial charge in [0.2, 0.25) is 0 Å². The molecule has 4 heteroatoms. The van der Waals surface area contributed by atoms with Gasteiger partial charge in [0.15, 0.2) is 0 Å². The third-order valence-electron chi connectivity index (χ3n) is 4.56. The van der Waals surface area contributed by atoms with E-state index in [-0.39, 0.29) is 0 Å². The molecule has 18 heavy (non-hydrogen) atoms. The van der Waals surface area contributed by atoms with Gasteiger partial charge in [0.05, 0.1) is 12.2 Å². The molecule has 106 valence electrons. The van der Waals surface area contributed by atoms with E-state index in [9.17, 15) is 10.2 Å². The number of nitrogens with one attached hydrogen (secondary N) is 1. The maximum atomic E-state index is 9.65. The van der Waals surface area contributed by atoms with Gasteiger partial charge in [-0.05, 0) is 24.8 Å². The van der Waals surface area contributed by atoms with Crippen LogP contribution in [0.1, 0.15) is 39.0 Å². The van der Waals surface area contributed by atoms with Crippen LogP contribution >= 0.6 is 0 Å². The molecule has 0 aromatic carbocycles. The van der Waals surface area contributed by atoms with Crippen LogP contribution in [-0.4, -0.2) is 60.0 Å². The normalized spacial score (nSPS) is 32.8. The third-order valence-corrected chi connectivity index (χ3v) is 4.56. The number of hydrogen-bond acceptors (Lipinski definition) is 4. The van der Waals surface area contributed by atoms with Crippen LogP contribution in [0.25, 0.3) is 0 Å². The third kappa shape index (κ3) is 3.44. The number of hydrogen-bond donors (Lipinski definition) is 3. The molecular formula is C14H28N2O2. The standard InChI is InChI=1S/C14H28N2O2/c1-2-15-10-14(6-4-3-5-7-14)11-16-8-12(17)13(18)9-16/h12-13,15,17-18H,2-11H2,1H3. The van der Waals surface area contributed by atoms with Crippen molar-refractivity contribution in [2.24, 2.45) is 5.41 Å². The summed E-state index contributed by atoms with van der Waals surface area (Å²) in [4.78, 5) is 2.25. The minimum atomic E-state index is -0.551. The van der Waals surface area contributed by atoms with E-state index >= 15 is 0 Å². The first-order valence-electron chi connectivity index (χ1n) is 7.44. The lowest BCUT2D eigenvalue weighted by atomic mass is 9.73. The van der Waals surface area contributed by atoms with Gasteiger partial charge in [0.1, 0.15) is 0 Å². The number of aliphatic hydroxyl groups is 2. The lowest BCUT2D eigenvalue weighted by molar-refractivity contribution is 0.0572. The Labute approximate surface area is 110 Å². The lowest BCUT2D eigenvalue weighted by Crippen LogP contribution is -2.45. The minimum Gasteiger partial charge on any atom is -0.389 e. The molecule has 2 aliphatic rings. The van der Waals surface area contributed by atoms with Gasteiger partial charge < -0.3 is 15.5 Å². The molecule has 0 spiro atoms. The molecule has 2 unspecified atom stereocenters. The number of nitrogens with zero attached hydrogens (tertiary/aromatic N) is 1. The number of rotatable bonds is 5. The highest BCUT2D eigenvalue weighted by Gasteiger charge is 2.37. The van der Waals surface area contributed by atoms with Gasteiger partial charge in [0.25, 0.3) is 0 Å². The fraction of sp³-hybridized carbons (Fsp3) is 1.00. The quantitative estimate of drug-likeness (QED) is 0.674. The Morgan fingerprint density at radius 2 is 1.72 bits per heavy atom. The van der Waals surface area contributed by atoms with Crippen molar-refractivity contribution in [2.45, 2.75) is 51.2 Å². The average molecular weight is 256 g/mol. The second-order valence-electron chi connectivity index (χ2n) is 6.17. The molecule has 4 nitrogen and oxygen atoms in total. The molecule has 1 heterocycles. The summed E-state index contributed by atoms with van der Waals surface area (Å²) in [7, 11) is 0. The average Bonchev–Trinajstić information content (AvgIpc) is 2.67. The Morgan fingerprint density at radius 1 is 1.11 bits per heavy atom. The summed E-state index contributed by atoms with van der Waals surface area (Å²) in [6, 6.07) is 0. The van der Waals surface area contributed by atoms with Crippen molar-refractivity contribution in [3.05, 3.63) is 0 Å². The van der Waals surface area contributed by atoms with Gasteiger partial charge in [0, 0.05) is 26.2 Å². The molecular weight excluding hydrogens is 228 g/mol. The van der Waals surface area contributed by atoms with E-state index in [2.05, 4.69) is 17.1 Å². The molecule has 1 saturated heterocycles. The topological polar surface area (TPSA) is 55.7 Å². The van der Waals surface area contributed by atoms with E-state index in [1.807, 2.05) is 0 Å². The van der Waals surface area contributed by atoms with Gasteiger partial charge in [-0.25, -0.2) is 0 Å². The van der Waals surface area contributed by atoms with E-state index in [1.165, 1.54) is 32.1 Å². The van der Waals surface area contributed by atoms with Gasteiger partial charge in [-0.2, -0.15) is 0 Å². The van der Waals surface area contributed by atoms with Crippen molar-refractivity contribution in [2.75, 3.05) is 32.7 Å². The molecule has 2 atom stereocenters. The highest BCUT2D eigenvalue weighted by Crippen LogP contribution is 2.37. The van der Waals surface area contributed by atoms with Crippen LogP contribution in [0.3, 0.4) is 0 Å². The fourth-order valence-corrected chi connectivity index (χ4v) is 3.53. The second kappa shape index (κ2) is 6.33. The molecule has 1 saturated carbocycles. The zero-order valence-corrected chi connectivity index (χ0v) is 11.6. The van der Waals surface area contributed by atoms with Crippen LogP contribution in [0.5, 0.6) is 0 Å².